The van der Waals surface area contributed by atoms with Gasteiger partial charge in [0.15, 0.2) is 0 Å². The summed E-state index contributed by atoms with van der Waals surface area (Å²) in [5.41, 5.74) is 10.0. The van der Waals surface area contributed by atoms with Crippen molar-refractivity contribution in [1.82, 2.24) is 10.9 Å². The first-order chi connectivity index (χ1) is 5.68. The summed E-state index contributed by atoms with van der Waals surface area (Å²) < 4.78 is 0. The van der Waals surface area contributed by atoms with E-state index >= 15 is 0 Å². The molecule has 0 spiro atoms. The van der Waals surface area contributed by atoms with Crippen LogP contribution < -0.4 is 16.6 Å². The summed E-state index contributed by atoms with van der Waals surface area (Å²) >= 11 is 0. The molecule has 0 aliphatic heterocycles. The van der Waals surface area contributed by atoms with Gasteiger partial charge in [-0.2, -0.15) is 0 Å². The number of hydrogen-bond acceptors (Lipinski definition) is 4. The fourth-order valence-corrected chi connectivity index (χ4v) is 0.648. The molecule has 6 nitrogen and oxygen atoms in total. The van der Waals surface area contributed by atoms with Crippen LogP contribution in [0, 0.1) is 0 Å². The zero-order chi connectivity index (χ0) is 9.40. The first-order valence-corrected chi connectivity index (χ1v) is 3.59. The van der Waals surface area contributed by atoms with E-state index in [0.717, 1.165) is 0 Å². The van der Waals surface area contributed by atoms with Crippen molar-refractivity contribution in [3.05, 3.63) is 0 Å². The van der Waals surface area contributed by atoms with E-state index in [2.05, 4.69) is 10.9 Å². The standard InChI is InChI=1S/C6H13N3O3/c7-5(6(11)12)2-1-3-8-9-4-10/h4-5,8H,1-3,7H2,(H,9,10)(H,11,12). The molecule has 70 valence electrons. The van der Waals surface area contributed by atoms with Crippen LogP contribution in [0.1, 0.15) is 12.8 Å². The zero-order valence-corrected chi connectivity index (χ0v) is 6.62. The summed E-state index contributed by atoms with van der Waals surface area (Å²) in [6.07, 6.45) is 1.51. The first kappa shape index (κ1) is 10.9. The predicted octanol–water partition coefficient (Wildman–Crippen LogP) is -1.57. The third-order valence-corrected chi connectivity index (χ3v) is 1.30. The molecule has 0 heterocycles. The molecule has 0 radical (unpaired) electrons. The number of amides is 1. The minimum atomic E-state index is -1.00. The quantitative estimate of drug-likeness (QED) is 0.212. The van der Waals surface area contributed by atoms with Gasteiger partial charge in [-0.25, -0.2) is 5.43 Å². The van der Waals surface area contributed by atoms with Gasteiger partial charge in [0.25, 0.3) is 0 Å². The summed E-state index contributed by atoms with van der Waals surface area (Å²) in [6, 6.07) is -0.817. The molecule has 0 aromatic rings. The number of rotatable bonds is 7. The van der Waals surface area contributed by atoms with E-state index in [1.54, 1.807) is 0 Å². The fourth-order valence-electron chi connectivity index (χ4n) is 0.648. The number of carbonyl (C=O) groups is 2. The maximum atomic E-state index is 10.2. The molecule has 1 unspecified atom stereocenters. The van der Waals surface area contributed by atoms with E-state index in [1.165, 1.54) is 0 Å². The van der Waals surface area contributed by atoms with Crippen molar-refractivity contribution < 1.29 is 14.7 Å². The Balaban J connectivity index is 3.19. The Morgan fingerprint density at radius 3 is 2.83 bits per heavy atom. The molecule has 0 aromatic heterocycles. The summed E-state index contributed by atoms with van der Waals surface area (Å²) in [7, 11) is 0. The average molecular weight is 175 g/mol. The van der Waals surface area contributed by atoms with Crippen LogP contribution in [0.5, 0.6) is 0 Å². The first-order valence-electron chi connectivity index (χ1n) is 3.59. The normalized spacial score (nSPS) is 12.1. The lowest BCUT2D eigenvalue weighted by Gasteiger charge is -2.05. The van der Waals surface area contributed by atoms with Gasteiger partial charge >= 0.3 is 5.97 Å². The van der Waals surface area contributed by atoms with Gasteiger partial charge in [0.05, 0.1) is 0 Å². The van der Waals surface area contributed by atoms with Crippen molar-refractivity contribution in [3.8, 4) is 0 Å². The van der Waals surface area contributed by atoms with Crippen molar-refractivity contribution in [1.29, 1.82) is 0 Å². The zero-order valence-electron chi connectivity index (χ0n) is 6.62. The minimum absolute atomic E-state index is 0.392. The molecule has 12 heavy (non-hydrogen) atoms. The van der Waals surface area contributed by atoms with E-state index in [4.69, 9.17) is 10.8 Å². The summed E-state index contributed by atoms with van der Waals surface area (Å²) in [4.78, 5) is 19.9. The summed E-state index contributed by atoms with van der Waals surface area (Å²) in [5, 5.41) is 8.37. The molecule has 0 fully saturated rings. The van der Waals surface area contributed by atoms with E-state index in [9.17, 15) is 9.59 Å². The van der Waals surface area contributed by atoms with Crippen LogP contribution in [0.2, 0.25) is 0 Å². The number of carboxylic acid groups (broad SMARTS) is 1. The topological polar surface area (TPSA) is 104 Å². The molecule has 0 aromatic carbocycles. The molecule has 5 N–H and O–H groups in total. The number of carbonyl (C=O) groups excluding carboxylic acids is 1. The van der Waals surface area contributed by atoms with Crippen LogP contribution in [0.15, 0.2) is 0 Å². The molecular weight excluding hydrogens is 162 g/mol. The summed E-state index contributed by atoms with van der Waals surface area (Å²) in [5.74, 6) is -1.00. The lowest BCUT2D eigenvalue weighted by molar-refractivity contribution is -0.138. The van der Waals surface area contributed by atoms with Crippen molar-refractivity contribution in [2.45, 2.75) is 18.9 Å². The van der Waals surface area contributed by atoms with Gasteiger partial charge < -0.3 is 10.8 Å². The highest BCUT2D eigenvalue weighted by Crippen LogP contribution is 1.92. The fraction of sp³-hybridized carbons (Fsp3) is 0.667. The predicted molar refractivity (Wildman–Crippen MR) is 42.0 cm³/mol. The van der Waals surface area contributed by atoms with Gasteiger partial charge in [-0.05, 0) is 12.8 Å². The Morgan fingerprint density at radius 2 is 2.33 bits per heavy atom. The van der Waals surface area contributed by atoms with Crippen LogP contribution in [-0.4, -0.2) is 30.1 Å². The van der Waals surface area contributed by atoms with Crippen LogP contribution in [-0.2, 0) is 9.59 Å². The molecule has 0 saturated heterocycles. The Morgan fingerprint density at radius 1 is 1.67 bits per heavy atom. The van der Waals surface area contributed by atoms with Gasteiger partial charge in [0.1, 0.15) is 6.04 Å². The maximum Gasteiger partial charge on any atom is 0.320 e. The highest BCUT2D eigenvalue weighted by atomic mass is 16.4. The van der Waals surface area contributed by atoms with Crippen molar-refractivity contribution in [2.75, 3.05) is 6.54 Å². The maximum absolute atomic E-state index is 10.2. The van der Waals surface area contributed by atoms with Crippen LogP contribution in [0.3, 0.4) is 0 Å². The number of hydrogen-bond donors (Lipinski definition) is 4. The van der Waals surface area contributed by atoms with Gasteiger partial charge in [-0.1, -0.05) is 0 Å². The molecule has 1 amide bonds. The number of nitrogens with two attached hydrogens (primary N) is 1. The van der Waals surface area contributed by atoms with Crippen molar-refractivity contribution in [2.24, 2.45) is 5.73 Å². The van der Waals surface area contributed by atoms with Crippen LogP contribution >= 0.6 is 0 Å². The minimum Gasteiger partial charge on any atom is -0.480 e. The SMILES string of the molecule is NC(CCCNNC=O)C(=O)O. The van der Waals surface area contributed by atoms with E-state index in [-0.39, 0.29) is 0 Å². The largest absolute Gasteiger partial charge is 0.480 e. The second-order valence-electron chi connectivity index (χ2n) is 2.28. The highest BCUT2D eigenvalue weighted by molar-refractivity contribution is 5.72. The number of nitrogens with one attached hydrogen (secondary N) is 2. The van der Waals surface area contributed by atoms with Crippen LogP contribution in [0.25, 0.3) is 0 Å². The Labute approximate surface area is 70.1 Å². The van der Waals surface area contributed by atoms with E-state index in [0.29, 0.717) is 25.8 Å². The van der Waals surface area contributed by atoms with Gasteiger partial charge in [-0.15, -0.1) is 0 Å². The lowest BCUT2D eigenvalue weighted by atomic mass is 10.2. The van der Waals surface area contributed by atoms with Gasteiger partial charge in [-0.3, -0.25) is 15.0 Å². The Kier molecular flexibility index (Phi) is 5.94. The Bertz CT molecular complexity index is 151. The van der Waals surface area contributed by atoms with Gasteiger partial charge in [0, 0.05) is 6.54 Å². The third kappa shape index (κ3) is 5.63. The average Bonchev–Trinajstić information content (AvgIpc) is 2.03. The summed E-state index contributed by atoms with van der Waals surface area (Å²) in [6.45, 7) is 0.514. The molecule has 0 bridgehead atoms. The number of carboxylic acids is 1. The molecule has 0 saturated carbocycles. The van der Waals surface area contributed by atoms with Crippen molar-refractivity contribution in [3.63, 3.8) is 0 Å². The smallest absolute Gasteiger partial charge is 0.320 e. The monoisotopic (exact) mass is 175 g/mol. The van der Waals surface area contributed by atoms with Crippen LogP contribution in [0.4, 0.5) is 0 Å². The molecule has 1 atom stereocenters. The lowest BCUT2D eigenvalue weighted by Crippen LogP contribution is -2.34. The third-order valence-electron chi connectivity index (χ3n) is 1.30. The van der Waals surface area contributed by atoms with E-state index in [1.807, 2.05) is 0 Å². The second-order valence-corrected chi connectivity index (χ2v) is 2.28. The number of aliphatic carboxylic acids is 1. The van der Waals surface area contributed by atoms with Crippen molar-refractivity contribution >= 4 is 12.4 Å². The molecule has 0 rings (SSSR count). The molecule has 0 aliphatic rings. The Hall–Kier alpha value is -1.14. The molecule has 0 aliphatic carbocycles. The van der Waals surface area contributed by atoms with Gasteiger partial charge in [0.2, 0.25) is 6.41 Å². The highest BCUT2D eigenvalue weighted by Gasteiger charge is 2.09. The van der Waals surface area contributed by atoms with E-state index < -0.39 is 12.0 Å². The molecular formula is C6H13N3O3. The second kappa shape index (κ2) is 6.56. The number of hydrazine groups is 1. The molecule has 6 heteroatoms.